The maximum Gasteiger partial charge on any atom is 0.573 e. The number of hydrogen-bond acceptors (Lipinski definition) is 10. The second-order valence-corrected chi connectivity index (χ2v) is 8.77. The lowest BCUT2D eigenvalue weighted by Gasteiger charge is -2.12. The Morgan fingerprint density at radius 3 is 2.68 bits per heavy atom. The SMILES string of the molecule is O=C(NCCOCCO)c1nc2c(Nc3ccc(Oc4cccc(OC(F)(F)F)c4)c(Cl)c3)ncnc2s1. The second-order valence-electron chi connectivity index (χ2n) is 7.38. The molecule has 10 nitrogen and oxygen atoms in total. The molecule has 0 radical (unpaired) electrons. The highest BCUT2D eigenvalue weighted by Gasteiger charge is 2.31. The third-order valence-corrected chi connectivity index (χ3v) is 5.88. The van der Waals surface area contributed by atoms with E-state index in [0.29, 0.717) is 21.9 Å². The van der Waals surface area contributed by atoms with Crippen LogP contribution >= 0.6 is 22.9 Å². The Hall–Kier alpha value is -3.72. The summed E-state index contributed by atoms with van der Waals surface area (Å²) in [5.74, 6) is -0.201. The van der Waals surface area contributed by atoms with E-state index in [1.165, 1.54) is 30.6 Å². The standard InChI is InChI=1S/C23H19ClF3N5O5S/c24-16-10-13(4-5-17(16)36-14-2-1-3-15(11-14)37-23(25,26)27)31-19-18-21(30-12-29-19)38-22(32-18)20(34)28-6-8-35-9-7-33/h1-5,10-12,33H,6-9H2,(H,28,34)(H,29,30,31). The molecule has 38 heavy (non-hydrogen) atoms. The Kier molecular flexibility index (Phi) is 8.78. The van der Waals surface area contributed by atoms with E-state index in [0.717, 1.165) is 23.5 Å². The summed E-state index contributed by atoms with van der Waals surface area (Å²) < 4.78 is 52.1. The molecule has 0 saturated heterocycles. The van der Waals surface area contributed by atoms with Gasteiger partial charge in [-0.2, -0.15) is 0 Å². The van der Waals surface area contributed by atoms with Gasteiger partial charge in [-0.1, -0.05) is 29.0 Å². The number of benzene rings is 2. The van der Waals surface area contributed by atoms with Crippen molar-refractivity contribution in [3.8, 4) is 17.2 Å². The summed E-state index contributed by atoms with van der Waals surface area (Å²) in [5, 5.41) is 14.8. The second kappa shape index (κ2) is 12.2. The quantitative estimate of drug-likeness (QED) is 0.216. The first-order chi connectivity index (χ1) is 18.2. The van der Waals surface area contributed by atoms with Gasteiger partial charge in [0.15, 0.2) is 10.8 Å². The summed E-state index contributed by atoms with van der Waals surface area (Å²) in [6.45, 7) is 0.577. The molecule has 0 aliphatic carbocycles. The first-order valence-electron chi connectivity index (χ1n) is 10.9. The van der Waals surface area contributed by atoms with Crippen LogP contribution in [-0.2, 0) is 4.74 Å². The van der Waals surface area contributed by atoms with E-state index in [9.17, 15) is 18.0 Å². The molecule has 15 heteroatoms. The number of halogens is 4. The van der Waals surface area contributed by atoms with Crippen LogP contribution in [0.2, 0.25) is 5.02 Å². The van der Waals surface area contributed by atoms with Gasteiger partial charge in [0, 0.05) is 18.3 Å². The van der Waals surface area contributed by atoms with Crippen LogP contribution < -0.4 is 20.1 Å². The number of carbonyl (C=O) groups is 1. The Bertz CT molecular complexity index is 1420. The molecular weight excluding hydrogens is 551 g/mol. The molecule has 0 spiro atoms. The topological polar surface area (TPSA) is 128 Å². The van der Waals surface area contributed by atoms with Gasteiger partial charge >= 0.3 is 6.36 Å². The van der Waals surface area contributed by atoms with E-state index < -0.39 is 18.0 Å². The van der Waals surface area contributed by atoms with Crippen LogP contribution in [0.25, 0.3) is 10.3 Å². The molecule has 0 bridgehead atoms. The minimum atomic E-state index is -4.83. The number of thiazole rings is 1. The fourth-order valence-corrected chi connectivity index (χ4v) is 4.12. The third kappa shape index (κ3) is 7.41. The maximum atomic E-state index is 12.5. The van der Waals surface area contributed by atoms with Crippen molar-refractivity contribution in [1.82, 2.24) is 20.3 Å². The highest BCUT2D eigenvalue weighted by Crippen LogP contribution is 2.35. The molecule has 3 N–H and O–H groups in total. The highest BCUT2D eigenvalue weighted by molar-refractivity contribution is 7.19. The molecule has 2 aromatic carbocycles. The molecule has 1 amide bonds. The van der Waals surface area contributed by atoms with Gasteiger partial charge in [0.25, 0.3) is 5.91 Å². The average molecular weight is 570 g/mol. The molecule has 2 aromatic heterocycles. The normalized spacial score (nSPS) is 11.4. The van der Waals surface area contributed by atoms with E-state index in [1.807, 2.05) is 0 Å². The Balaban J connectivity index is 1.44. The molecule has 4 rings (SSSR count). The number of fused-ring (bicyclic) bond motifs is 1. The van der Waals surface area contributed by atoms with Crippen molar-refractivity contribution in [1.29, 1.82) is 0 Å². The number of amides is 1. The molecule has 200 valence electrons. The number of ether oxygens (including phenoxy) is 3. The van der Waals surface area contributed by atoms with Crippen molar-refractivity contribution in [3.63, 3.8) is 0 Å². The van der Waals surface area contributed by atoms with Crippen LogP contribution in [0.5, 0.6) is 17.2 Å². The zero-order valence-electron chi connectivity index (χ0n) is 19.3. The van der Waals surface area contributed by atoms with E-state index in [1.54, 1.807) is 6.07 Å². The first-order valence-corrected chi connectivity index (χ1v) is 12.1. The lowest BCUT2D eigenvalue weighted by Crippen LogP contribution is -2.27. The predicted octanol–water partition coefficient (Wildman–Crippen LogP) is 4.91. The summed E-state index contributed by atoms with van der Waals surface area (Å²) in [6.07, 6.45) is -3.50. The van der Waals surface area contributed by atoms with Gasteiger partial charge in [-0.05, 0) is 30.3 Å². The lowest BCUT2D eigenvalue weighted by molar-refractivity contribution is -0.274. The van der Waals surface area contributed by atoms with Crippen molar-refractivity contribution in [2.45, 2.75) is 6.36 Å². The molecular formula is C23H19ClF3N5O5S. The molecule has 0 aliphatic heterocycles. The van der Waals surface area contributed by atoms with Crippen LogP contribution in [0.15, 0.2) is 48.8 Å². The number of aromatic nitrogens is 3. The number of hydrogen-bond donors (Lipinski definition) is 3. The number of carbonyl (C=O) groups excluding carboxylic acids is 1. The summed E-state index contributed by atoms with van der Waals surface area (Å²) in [6, 6.07) is 9.74. The third-order valence-electron chi connectivity index (χ3n) is 4.62. The van der Waals surface area contributed by atoms with E-state index in [4.69, 9.17) is 26.2 Å². The fourth-order valence-electron chi connectivity index (χ4n) is 3.08. The van der Waals surface area contributed by atoms with Crippen molar-refractivity contribution in [2.75, 3.05) is 31.7 Å². The number of alkyl halides is 3. The zero-order valence-corrected chi connectivity index (χ0v) is 20.9. The Labute approximate surface area is 222 Å². The van der Waals surface area contributed by atoms with Crippen LogP contribution in [0, 0.1) is 0 Å². The van der Waals surface area contributed by atoms with Gasteiger partial charge < -0.3 is 30.0 Å². The van der Waals surface area contributed by atoms with Crippen LogP contribution in [0.4, 0.5) is 24.7 Å². The van der Waals surface area contributed by atoms with Gasteiger partial charge in [0.2, 0.25) is 0 Å². The number of anilines is 2. The Morgan fingerprint density at radius 1 is 1.11 bits per heavy atom. The minimum Gasteiger partial charge on any atom is -0.456 e. The molecule has 0 aliphatic rings. The molecule has 2 heterocycles. The smallest absolute Gasteiger partial charge is 0.456 e. The van der Waals surface area contributed by atoms with Crippen molar-refractivity contribution >= 4 is 50.7 Å². The maximum absolute atomic E-state index is 12.5. The van der Waals surface area contributed by atoms with E-state index in [2.05, 4.69) is 30.3 Å². The van der Waals surface area contributed by atoms with Gasteiger partial charge in [0.05, 0.1) is 24.8 Å². The minimum absolute atomic E-state index is 0.0973. The summed E-state index contributed by atoms with van der Waals surface area (Å²) in [4.78, 5) is 25.6. The van der Waals surface area contributed by atoms with Gasteiger partial charge in [-0.3, -0.25) is 4.79 Å². The average Bonchev–Trinajstić information content (AvgIpc) is 3.30. The Morgan fingerprint density at radius 2 is 1.92 bits per heavy atom. The van der Waals surface area contributed by atoms with E-state index >= 15 is 0 Å². The number of rotatable bonds is 11. The molecule has 0 atom stereocenters. The largest absolute Gasteiger partial charge is 0.573 e. The number of nitrogens with one attached hydrogen (secondary N) is 2. The van der Waals surface area contributed by atoms with Crippen LogP contribution in [0.1, 0.15) is 9.80 Å². The lowest BCUT2D eigenvalue weighted by atomic mass is 10.3. The van der Waals surface area contributed by atoms with E-state index in [-0.39, 0.29) is 47.9 Å². The van der Waals surface area contributed by atoms with Gasteiger partial charge in [0.1, 0.15) is 33.9 Å². The monoisotopic (exact) mass is 569 g/mol. The first kappa shape index (κ1) is 27.3. The van der Waals surface area contributed by atoms with Gasteiger partial charge in [-0.15, -0.1) is 13.2 Å². The van der Waals surface area contributed by atoms with Crippen molar-refractivity contribution in [2.24, 2.45) is 0 Å². The number of nitrogens with zero attached hydrogens (tertiary/aromatic N) is 3. The number of aliphatic hydroxyl groups is 1. The van der Waals surface area contributed by atoms with Crippen molar-refractivity contribution in [3.05, 3.63) is 58.8 Å². The predicted molar refractivity (Wildman–Crippen MR) is 133 cm³/mol. The summed E-state index contributed by atoms with van der Waals surface area (Å²) >= 11 is 7.42. The van der Waals surface area contributed by atoms with Gasteiger partial charge in [-0.25, -0.2) is 15.0 Å². The van der Waals surface area contributed by atoms with Crippen molar-refractivity contribution < 1.29 is 37.3 Å². The molecule has 0 unspecified atom stereocenters. The summed E-state index contributed by atoms with van der Waals surface area (Å²) in [7, 11) is 0. The molecule has 0 saturated carbocycles. The number of aliphatic hydroxyl groups excluding tert-OH is 1. The summed E-state index contributed by atoms with van der Waals surface area (Å²) in [5.41, 5.74) is 0.883. The van der Waals surface area contributed by atoms with Crippen LogP contribution in [0.3, 0.4) is 0 Å². The highest BCUT2D eigenvalue weighted by atomic mass is 35.5. The fraction of sp³-hybridized carbons (Fsp3) is 0.217. The zero-order chi connectivity index (χ0) is 27.1. The molecule has 4 aromatic rings. The molecule has 0 fully saturated rings. The van der Waals surface area contributed by atoms with Crippen LogP contribution in [-0.4, -0.2) is 58.7 Å².